The van der Waals surface area contributed by atoms with Crippen molar-refractivity contribution in [2.75, 3.05) is 19.7 Å². The number of carbonyl (C=O) groups is 2. The molecule has 3 aromatic rings. The summed E-state index contributed by atoms with van der Waals surface area (Å²) in [6.07, 6.45) is 1.77. The van der Waals surface area contributed by atoms with Gasteiger partial charge in [-0.05, 0) is 39.0 Å². The second-order valence-corrected chi connectivity index (χ2v) is 6.72. The van der Waals surface area contributed by atoms with Gasteiger partial charge in [0.05, 0.1) is 12.1 Å². The molecule has 0 fully saturated rings. The number of fused-ring (bicyclic) bond motifs is 1. The van der Waals surface area contributed by atoms with Crippen LogP contribution in [-0.2, 0) is 11.3 Å². The first kappa shape index (κ1) is 19.7. The molecule has 1 aromatic heterocycles. The van der Waals surface area contributed by atoms with Gasteiger partial charge in [0.15, 0.2) is 0 Å². The van der Waals surface area contributed by atoms with Crippen molar-refractivity contribution in [3.8, 4) is 5.75 Å². The van der Waals surface area contributed by atoms with Crippen LogP contribution in [0.5, 0.6) is 5.75 Å². The summed E-state index contributed by atoms with van der Waals surface area (Å²) in [7, 11) is 0. The Bertz CT molecular complexity index is 969. The van der Waals surface area contributed by atoms with Crippen LogP contribution in [0.3, 0.4) is 0 Å². The Hall–Kier alpha value is -3.08. The zero-order valence-corrected chi connectivity index (χ0v) is 16.6. The predicted molar refractivity (Wildman–Crippen MR) is 111 cm³/mol. The quantitative estimate of drug-likeness (QED) is 0.438. The van der Waals surface area contributed by atoms with Gasteiger partial charge in [0, 0.05) is 30.2 Å². The summed E-state index contributed by atoms with van der Waals surface area (Å²) in [6.45, 7) is 7.88. The number of nitrogens with zero attached hydrogens (tertiary/aromatic N) is 2. The zero-order valence-electron chi connectivity index (χ0n) is 16.6. The first-order valence-electron chi connectivity index (χ1n) is 9.66. The van der Waals surface area contributed by atoms with E-state index in [1.54, 1.807) is 11.1 Å². The highest BCUT2D eigenvalue weighted by atomic mass is 16.5. The second-order valence-electron chi connectivity index (χ2n) is 6.72. The Balaban J connectivity index is 1.81. The van der Waals surface area contributed by atoms with Gasteiger partial charge in [-0.25, -0.2) is 0 Å². The molecule has 5 nitrogen and oxygen atoms in total. The summed E-state index contributed by atoms with van der Waals surface area (Å²) < 4.78 is 7.80. The summed E-state index contributed by atoms with van der Waals surface area (Å²) in [5, 5.41) is 0.795. The van der Waals surface area contributed by atoms with Crippen molar-refractivity contribution in [3.63, 3.8) is 0 Å². The molecule has 5 heteroatoms. The van der Waals surface area contributed by atoms with Gasteiger partial charge in [0.1, 0.15) is 12.4 Å². The Morgan fingerprint density at radius 1 is 1.00 bits per heavy atom. The molecule has 0 radical (unpaired) electrons. The van der Waals surface area contributed by atoms with E-state index in [0.717, 1.165) is 16.7 Å². The van der Waals surface area contributed by atoms with Crippen LogP contribution in [0.2, 0.25) is 0 Å². The fourth-order valence-electron chi connectivity index (χ4n) is 3.28. The minimum absolute atomic E-state index is 0.447. The van der Waals surface area contributed by atoms with Crippen LogP contribution in [0.4, 0.5) is 0 Å². The van der Waals surface area contributed by atoms with E-state index in [9.17, 15) is 9.59 Å². The lowest BCUT2D eigenvalue weighted by atomic mass is 10.1. The second kappa shape index (κ2) is 8.74. The Morgan fingerprint density at radius 2 is 1.68 bits per heavy atom. The molecule has 0 bridgehead atoms. The molecule has 0 spiro atoms. The van der Waals surface area contributed by atoms with Gasteiger partial charge in [0.2, 0.25) is 0 Å². The average Bonchev–Trinajstić information content (AvgIpc) is 3.08. The molecule has 0 aliphatic carbocycles. The number of amides is 1. The summed E-state index contributed by atoms with van der Waals surface area (Å²) in [5.74, 6) is -0.100. The van der Waals surface area contributed by atoms with Gasteiger partial charge in [-0.15, -0.1) is 0 Å². The molecular formula is C23H26N2O3. The van der Waals surface area contributed by atoms with Crippen molar-refractivity contribution >= 4 is 22.6 Å². The first-order valence-corrected chi connectivity index (χ1v) is 9.66. The molecule has 3 rings (SSSR count). The third-order valence-electron chi connectivity index (χ3n) is 4.90. The van der Waals surface area contributed by atoms with Crippen LogP contribution in [0, 0.1) is 6.92 Å². The highest BCUT2D eigenvalue weighted by molar-refractivity contribution is 6.44. The van der Waals surface area contributed by atoms with E-state index in [0.29, 0.717) is 31.8 Å². The number of hydrogen-bond donors (Lipinski definition) is 0. The van der Waals surface area contributed by atoms with Gasteiger partial charge < -0.3 is 14.2 Å². The number of rotatable bonds is 8. The fraction of sp³-hybridized carbons (Fsp3) is 0.304. The van der Waals surface area contributed by atoms with Crippen molar-refractivity contribution in [3.05, 3.63) is 65.9 Å². The van der Waals surface area contributed by atoms with Crippen LogP contribution in [0.15, 0.2) is 54.7 Å². The van der Waals surface area contributed by atoms with Gasteiger partial charge in [0.25, 0.3) is 11.7 Å². The Morgan fingerprint density at radius 3 is 2.36 bits per heavy atom. The van der Waals surface area contributed by atoms with Crippen molar-refractivity contribution in [2.24, 2.45) is 0 Å². The summed E-state index contributed by atoms with van der Waals surface area (Å²) in [6, 6.07) is 15.6. The molecular weight excluding hydrogens is 352 g/mol. The van der Waals surface area contributed by atoms with E-state index < -0.39 is 11.7 Å². The lowest BCUT2D eigenvalue weighted by molar-refractivity contribution is -0.126. The van der Waals surface area contributed by atoms with Crippen LogP contribution in [0.25, 0.3) is 10.9 Å². The molecule has 146 valence electrons. The number of aromatic nitrogens is 1. The number of carbonyl (C=O) groups excluding carboxylic acids is 2. The molecule has 1 heterocycles. The van der Waals surface area contributed by atoms with Crippen LogP contribution < -0.4 is 4.74 Å². The van der Waals surface area contributed by atoms with Crippen LogP contribution >= 0.6 is 0 Å². The SMILES string of the molecule is CCN(CC)C(=O)C(=O)c1cn(CCOc2ccc(C)cc2)c2ccccc12. The van der Waals surface area contributed by atoms with Crippen LogP contribution in [0.1, 0.15) is 29.8 Å². The highest BCUT2D eigenvalue weighted by Crippen LogP contribution is 2.23. The number of likely N-dealkylation sites (N-methyl/N-ethyl adjacent to an activating group) is 1. The zero-order chi connectivity index (χ0) is 20.1. The van der Waals surface area contributed by atoms with E-state index in [1.807, 2.05) is 73.9 Å². The van der Waals surface area contributed by atoms with E-state index in [2.05, 4.69) is 0 Å². The number of hydrogen-bond acceptors (Lipinski definition) is 3. The molecule has 0 saturated heterocycles. The smallest absolute Gasteiger partial charge is 0.295 e. The molecule has 2 aromatic carbocycles. The number of benzene rings is 2. The number of para-hydroxylation sites is 1. The van der Waals surface area contributed by atoms with Gasteiger partial charge in [-0.1, -0.05) is 35.9 Å². The minimum Gasteiger partial charge on any atom is -0.492 e. The Labute approximate surface area is 165 Å². The number of ketones is 1. The average molecular weight is 378 g/mol. The summed E-state index contributed by atoms with van der Waals surface area (Å²) >= 11 is 0. The fourth-order valence-corrected chi connectivity index (χ4v) is 3.28. The standard InChI is InChI=1S/C23H26N2O3/c1-4-24(5-2)23(27)22(26)20-16-25(21-9-7-6-8-19(20)21)14-15-28-18-12-10-17(3)11-13-18/h6-13,16H,4-5,14-15H2,1-3H3. The topological polar surface area (TPSA) is 51.5 Å². The molecule has 1 amide bonds. The molecule has 0 atom stereocenters. The van der Waals surface area contributed by atoms with E-state index >= 15 is 0 Å². The third-order valence-corrected chi connectivity index (χ3v) is 4.90. The molecule has 0 unspecified atom stereocenters. The van der Waals surface area contributed by atoms with Crippen molar-refractivity contribution in [1.82, 2.24) is 9.47 Å². The highest BCUT2D eigenvalue weighted by Gasteiger charge is 2.24. The minimum atomic E-state index is -0.460. The normalized spacial score (nSPS) is 10.8. The molecule has 0 aliphatic heterocycles. The lowest BCUT2D eigenvalue weighted by Gasteiger charge is -2.17. The van der Waals surface area contributed by atoms with E-state index in [4.69, 9.17) is 4.74 Å². The third kappa shape index (κ3) is 4.09. The van der Waals surface area contributed by atoms with Crippen LogP contribution in [-0.4, -0.2) is 40.9 Å². The molecule has 28 heavy (non-hydrogen) atoms. The monoisotopic (exact) mass is 378 g/mol. The summed E-state index contributed by atoms with van der Waals surface area (Å²) in [5.41, 5.74) is 2.55. The van der Waals surface area contributed by atoms with E-state index in [-0.39, 0.29) is 0 Å². The maximum atomic E-state index is 12.8. The largest absolute Gasteiger partial charge is 0.492 e. The first-order chi connectivity index (χ1) is 13.5. The number of Topliss-reactive ketones (excluding diaryl/α,β-unsaturated/α-hetero) is 1. The maximum Gasteiger partial charge on any atom is 0.295 e. The summed E-state index contributed by atoms with van der Waals surface area (Å²) in [4.78, 5) is 26.9. The molecule has 0 saturated carbocycles. The predicted octanol–water partition coefficient (Wildman–Crippen LogP) is 4.08. The van der Waals surface area contributed by atoms with Crippen molar-refractivity contribution in [1.29, 1.82) is 0 Å². The van der Waals surface area contributed by atoms with Gasteiger partial charge in [-0.3, -0.25) is 9.59 Å². The van der Waals surface area contributed by atoms with Crippen molar-refractivity contribution < 1.29 is 14.3 Å². The maximum absolute atomic E-state index is 12.8. The number of aryl methyl sites for hydroxylation is 1. The lowest BCUT2D eigenvalue weighted by Crippen LogP contribution is -2.36. The van der Waals surface area contributed by atoms with Gasteiger partial charge >= 0.3 is 0 Å². The Kier molecular flexibility index (Phi) is 6.14. The molecule has 0 aliphatic rings. The molecule has 0 N–H and O–H groups in total. The van der Waals surface area contributed by atoms with E-state index in [1.165, 1.54) is 5.56 Å². The number of ether oxygens (including phenoxy) is 1. The van der Waals surface area contributed by atoms with Gasteiger partial charge in [-0.2, -0.15) is 0 Å². The van der Waals surface area contributed by atoms with Crippen molar-refractivity contribution in [2.45, 2.75) is 27.3 Å².